The van der Waals surface area contributed by atoms with Crippen LogP contribution in [0.5, 0.6) is 0 Å². The van der Waals surface area contributed by atoms with E-state index in [1.165, 1.54) is 0 Å². The molecule has 0 radical (unpaired) electrons. The van der Waals surface area contributed by atoms with Gasteiger partial charge in [-0.2, -0.15) is 0 Å². The van der Waals surface area contributed by atoms with E-state index in [-0.39, 0.29) is 6.54 Å². The van der Waals surface area contributed by atoms with Gasteiger partial charge in [0.1, 0.15) is 6.10 Å². The van der Waals surface area contributed by atoms with Gasteiger partial charge in [0.05, 0.1) is 5.69 Å². The molecule has 1 heterocycles. The van der Waals surface area contributed by atoms with Crippen LogP contribution in [0.1, 0.15) is 25.6 Å². The van der Waals surface area contributed by atoms with Crippen LogP contribution in [0.4, 0.5) is 0 Å². The van der Waals surface area contributed by atoms with Crippen molar-refractivity contribution in [3.8, 4) is 0 Å². The van der Waals surface area contributed by atoms with Gasteiger partial charge >= 0.3 is 0 Å². The number of aliphatic hydroxyl groups excluding tert-OH is 1. The first-order chi connectivity index (χ1) is 5.84. The highest BCUT2D eigenvalue weighted by Gasteiger charge is 2.03. The van der Waals surface area contributed by atoms with E-state index in [2.05, 4.69) is 4.98 Å². The number of nitrogens with zero attached hydrogens (tertiary/aromatic N) is 1. The Morgan fingerprint density at radius 1 is 1.50 bits per heavy atom. The highest BCUT2D eigenvalue weighted by molar-refractivity contribution is 5.06. The molecular formula is C9H16N2O. The summed E-state index contributed by atoms with van der Waals surface area (Å²) < 4.78 is 0. The molecule has 68 valence electrons. The molecule has 0 aliphatic carbocycles. The van der Waals surface area contributed by atoms with E-state index in [1.807, 2.05) is 19.9 Å². The number of pyridine rings is 1. The van der Waals surface area contributed by atoms with Crippen LogP contribution in [0.25, 0.3) is 0 Å². The lowest BCUT2D eigenvalue weighted by Gasteiger charge is -2.04. The second-order valence-corrected chi connectivity index (χ2v) is 2.01. The van der Waals surface area contributed by atoms with E-state index in [9.17, 15) is 0 Å². The Labute approximate surface area is 73.3 Å². The minimum Gasteiger partial charge on any atom is -0.385 e. The van der Waals surface area contributed by atoms with Gasteiger partial charge in [0.25, 0.3) is 0 Å². The average molecular weight is 168 g/mol. The summed E-state index contributed by atoms with van der Waals surface area (Å²) in [6, 6.07) is 5.37. The van der Waals surface area contributed by atoms with Crippen molar-refractivity contribution in [2.24, 2.45) is 5.73 Å². The van der Waals surface area contributed by atoms with Gasteiger partial charge in [0.15, 0.2) is 0 Å². The van der Waals surface area contributed by atoms with Crippen LogP contribution in [0.3, 0.4) is 0 Å². The molecule has 0 aromatic carbocycles. The van der Waals surface area contributed by atoms with Crippen molar-refractivity contribution in [1.82, 2.24) is 4.98 Å². The highest BCUT2D eigenvalue weighted by atomic mass is 16.3. The fraction of sp³-hybridized carbons (Fsp3) is 0.444. The lowest BCUT2D eigenvalue weighted by Crippen LogP contribution is -2.12. The number of aliphatic hydroxyl groups is 1. The van der Waals surface area contributed by atoms with E-state index in [0.717, 1.165) is 0 Å². The zero-order chi connectivity index (χ0) is 9.40. The van der Waals surface area contributed by atoms with Crippen LogP contribution in [0.2, 0.25) is 0 Å². The normalized spacial score (nSPS) is 11.3. The third-order valence-electron chi connectivity index (χ3n) is 1.25. The Balaban J connectivity index is 0.000000561. The first-order valence-corrected chi connectivity index (χ1v) is 4.13. The first-order valence-electron chi connectivity index (χ1n) is 4.13. The van der Waals surface area contributed by atoms with E-state index in [4.69, 9.17) is 10.8 Å². The minimum absolute atomic E-state index is 0.219. The smallest absolute Gasteiger partial charge is 0.108 e. The largest absolute Gasteiger partial charge is 0.385 e. The quantitative estimate of drug-likeness (QED) is 0.695. The van der Waals surface area contributed by atoms with Crippen molar-refractivity contribution in [2.75, 3.05) is 6.54 Å². The van der Waals surface area contributed by atoms with Crippen molar-refractivity contribution in [3.05, 3.63) is 30.1 Å². The molecular weight excluding hydrogens is 152 g/mol. The molecule has 0 saturated carbocycles. The topological polar surface area (TPSA) is 59.1 Å². The van der Waals surface area contributed by atoms with E-state index in [1.54, 1.807) is 18.3 Å². The van der Waals surface area contributed by atoms with Crippen LogP contribution < -0.4 is 5.73 Å². The van der Waals surface area contributed by atoms with Crippen LogP contribution in [-0.2, 0) is 0 Å². The van der Waals surface area contributed by atoms with Gasteiger partial charge in [0, 0.05) is 12.7 Å². The van der Waals surface area contributed by atoms with Crippen molar-refractivity contribution in [1.29, 1.82) is 0 Å². The van der Waals surface area contributed by atoms with Crippen LogP contribution in [0, 0.1) is 0 Å². The Hall–Kier alpha value is -0.930. The van der Waals surface area contributed by atoms with Crippen molar-refractivity contribution >= 4 is 0 Å². The lowest BCUT2D eigenvalue weighted by molar-refractivity contribution is 0.182. The third-order valence-corrected chi connectivity index (χ3v) is 1.25. The number of hydrogen-bond donors (Lipinski definition) is 2. The molecule has 0 saturated heterocycles. The van der Waals surface area contributed by atoms with Gasteiger partial charge in [0.2, 0.25) is 0 Å². The third kappa shape index (κ3) is 3.46. The molecule has 0 amide bonds. The zero-order valence-corrected chi connectivity index (χ0v) is 7.57. The summed E-state index contributed by atoms with van der Waals surface area (Å²) in [5.74, 6) is 0. The summed E-state index contributed by atoms with van der Waals surface area (Å²) in [6.45, 7) is 4.22. The maximum absolute atomic E-state index is 9.14. The summed E-state index contributed by atoms with van der Waals surface area (Å²) in [7, 11) is 0. The SMILES string of the molecule is CC.NCC(O)c1ccccn1. The van der Waals surface area contributed by atoms with Gasteiger partial charge in [-0.05, 0) is 12.1 Å². The number of nitrogens with two attached hydrogens (primary N) is 1. The predicted octanol–water partition coefficient (Wildman–Crippen LogP) is 1.10. The molecule has 0 bridgehead atoms. The van der Waals surface area contributed by atoms with Gasteiger partial charge in [-0.3, -0.25) is 4.98 Å². The fourth-order valence-corrected chi connectivity index (χ4v) is 0.694. The van der Waals surface area contributed by atoms with Crippen LogP contribution in [0.15, 0.2) is 24.4 Å². The molecule has 0 aliphatic rings. The maximum atomic E-state index is 9.14. The monoisotopic (exact) mass is 168 g/mol. The van der Waals surface area contributed by atoms with E-state index in [0.29, 0.717) is 5.69 Å². The van der Waals surface area contributed by atoms with Gasteiger partial charge in [-0.25, -0.2) is 0 Å². The molecule has 12 heavy (non-hydrogen) atoms. The van der Waals surface area contributed by atoms with E-state index >= 15 is 0 Å². The lowest BCUT2D eigenvalue weighted by atomic mass is 10.2. The molecule has 3 N–H and O–H groups in total. The fourth-order valence-electron chi connectivity index (χ4n) is 0.694. The Morgan fingerprint density at radius 3 is 2.58 bits per heavy atom. The molecule has 1 unspecified atom stereocenters. The summed E-state index contributed by atoms with van der Waals surface area (Å²) in [4.78, 5) is 3.92. The van der Waals surface area contributed by atoms with Crippen molar-refractivity contribution < 1.29 is 5.11 Å². The molecule has 1 aromatic heterocycles. The summed E-state index contributed by atoms with van der Waals surface area (Å²) >= 11 is 0. The molecule has 3 heteroatoms. The molecule has 0 aliphatic heterocycles. The van der Waals surface area contributed by atoms with Gasteiger partial charge in [-0.1, -0.05) is 19.9 Å². The minimum atomic E-state index is -0.624. The molecule has 3 nitrogen and oxygen atoms in total. The van der Waals surface area contributed by atoms with Crippen molar-refractivity contribution in [3.63, 3.8) is 0 Å². The Bertz CT molecular complexity index is 189. The molecule has 1 rings (SSSR count). The summed E-state index contributed by atoms with van der Waals surface area (Å²) in [6.07, 6.45) is 1.01. The number of aromatic nitrogens is 1. The number of rotatable bonds is 2. The standard InChI is InChI=1S/C7H10N2O.C2H6/c8-5-7(10)6-3-1-2-4-9-6;1-2/h1-4,7,10H,5,8H2;1-2H3. The van der Waals surface area contributed by atoms with Crippen molar-refractivity contribution in [2.45, 2.75) is 20.0 Å². The molecule has 0 spiro atoms. The molecule has 1 atom stereocenters. The van der Waals surface area contributed by atoms with E-state index < -0.39 is 6.10 Å². The second-order valence-electron chi connectivity index (χ2n) is 2.01. The first kappa shape index (κ1) is 11.1. The van der Waals surface area contributed by atoms with Gasteiger partial charge in [-0.15, -0.1) is 0 Å². The maximum Gasteiger partial charge on any atom is 0.108 e. The van der Waals surface area contributed by atoms with Gasteiger partial charge < -0.3 is 10.8 Å². The average Bonchev–Trinajstić information content (AvgIpc) is 2.21. The Kier molecular flexibility index (Phi) is 6.24. The second kappa shape index (κ2) is 6.76. The number of hydrogen-bond acceptors (Lipinski definition) is 3. The molecule has 0 fully saturated rings. The summed E-state index contributed by atoms with van der Waals surface area (Å²) in [5.41, 5.74) is 5.84. The Morgan fingerprint density at radius 2 is 2.17 bits per heavy atom. The van der Waals surface area contributed by atoms with Crippen LogP contribution in [-0.4, -0.2) is 16.6 Å². The van der Waals surface area contributed by atoms with Crippen LogP contribution >= 0.6 is 0 Å². The highest BCUT2D eigenvalue weighted by Crippen LogP contribution is 2.05. The predicted molar refractivity (Wildman–Crippen MR) is 49.6 cm³/mol. The summed E-state index contributed by atoms with van der Waals surface area (Å²) in [5, 5.41) is 9.14. The molecule has 1 aromatic rings. The zero-order valence-electron chi connectivity index (χ0n) is 7.57.